The van der Waals surface area contributed by atoms with Crippen molar-refractivity contribution in [1.29, 1.82) is 0 Å². The number of aromatic nitrogens is 2. The third-order valence-electron chi connectivity index (χ3n) is 3.82. The fourth-order valence-electron chi connectivity index (χ4n) is 2.36. The maximum absolute atomic E-state index is 14.2. The number of hydrogen-bond acceptors (Lipinski definition) is 5. The number of ether oxygens (including phenoxy) is 1. The standard InChI is InChI=1S/C19H14F4N2O3/c1-11-2-4-12(5-3-11)9-27-10-16(26)14-7-6-13(8-15(14)20)17-24-18(28-25-17)19(21,22)23/h2-8H,9-10H2,1H3. The first kappa shape index (κ1) is 19.7. The molecule has 0 saturated carbocycles. The minimum absolute atomic E-state index is 0.0473. The summed E-state index contributed by atoms with van der Waals surface area (Å²) in [6.07, 6.45) is -4.80. The molecule has 0 radical (unpaired) electrons. The number of carbonyl (C=O) groups is 1. The number of carbonyl (C=O) groups excluding carboxylic acids is 1. The molecular weight excluding hydrogens is 380 g/mol. The highest BCUT2D eigenvalue weighted by molar-refractivity contribution is 5.97. The van der Waals surface area contributed by atoms with Crippen LogP contribution in [0.5, 0.6) is 0 Å². The van der Waals surface area contributed by atoms with Gasteiger partial charge in [0.1, 0.15) is 12.4 Å². The van der Waals surface area contributed by atoms with E-state index in [0.717, 1.165) is 23.3 Å². The predicted molar refractivity (Wildman–Crippen MR) is 89.9 cm³/mol. The van der Waals surface area contributed by atoms with Crippen molar-refractivity contribution in [1.82, 2.24) is 10.1 Å². The van der Waals surface area contributed by atoms with Crippen molar-refractivity contribution in [3.63, 3.8) is 0 Å². The topological polar surface area (TPSA) is 65.2 Å². The molecule has 3 rings (SSSR count). The molecule has 3 aromatic rings. The Hall–Kier alpha value is -3.07. The average Bonchev–Trinajstić information content (AvgIpc) is 3.14. The van der Waals surface area contributed by atoms with E-state index in [-0.39, 0.29) is 24.3 Å². The van der Waals surface area contributed by atoms with Crippen LogP contribution in [0, 0.1) is 12.7 Å². The number of aryl methyl sites for hydroxylation is 1. The quantitative estimate of drug-likeness (QED) is 0.452. The SMILES string of the molecule is Cc1ccc(COCC(=O)c2ccc(-c3noc(C(F)(F)F)n3)cc2F)cc1. The molecule has 0 aliphatic rings. The molecule has 1 aromatic heterocycles. The number of Topliss-reactive ketones (excluding diaryl/α,β-unsaturated/α-hetero) is 1. The van der Waals surface area contributed by atoms with Crippen LogP contribution in [0.25, 0.3) is 11.4 Å². The van der Waals surface area contributed by atoms with Gasteiger partial charge in [0.05, 0.1) is 12.2 Å². The molecule has 9 heteroatoms. The van der Waals surface area contributed by atoms with E-state index in [0.29, 0.717) is 0 Å². The highest BCUT2D eigenvalue weighted by Crippen LogP contribution is 2.29. The molecule has 0 N–H and O–H groups in total. The van der Waals surface area contributed by atoms with Crippen molar-refractivity contribution < 1.29 is 31.6 Å². The monoisotopic (exact) mass is 394 g/mol. The van der Waals surface area contributed by atoms with Gasteiger partial charge in [0, 0.05) is 5.56 Å². The molecule has 0 bridgehead atoms. The molecule has 146 valence electrons. The van der Waals surface area contributed by atoms with Crippen LogP contribution >= 0.6 is 0 Å². The summed E-state index contributed by atoms with van der Waals surface area (Å²) in [5.41, 5.74) is 1.67. The van der Waals surface area contributed by atoms with Gasteiger partial charge in [0.25, 0.3) is 0 Å². The molecule has 1 heterocycles. The zero-order chi connectivity index (χ0) is 20.3. The zero-order valence-electron chi connectivity index (χ0n) is 14.6. The van der Waals surface area contributed by atoms with Gasteiger partial charge in [-0.15, -0.1) is 0 Å². The van der Waals surface area contributed by atoms with Crippen LogP contribution in [0.15, 0.2) is 47.0 Å². The van der Waals surface area contributed by atoms with Gasteiger partial charge in [-0.25, -0.2) is 4.39 Å². The Kier molecular flexibility index (Phi) is 5.55. The Morgan fingerprint density at radius 2 is 1.86 bits per heavy atom. The highest BCUT2D eigenvalue weighted by Gasteiger charge is 2.38. The maximum Gasteiger partial charge on any atom is 0.471 e. The lowest BCUT2D eigenvalue weighted by Gasteiger charge is -2.06. The molecule has 5 nitrogen and oxygen atoms in total. The van der Waals surface area contributed by atoms with E-state index < -0.39 is 29.5 Å². The fourth-order valence-corrected chi connectivity index (χ4v) is 2.36. The normalized spacial score (nSPS) is 11.6. The lowest BCUT2D eigenvalue weighted by Crippen LogP contribution is -2.11. The van der Waals surface area contributed by atoms with Crippen LogP contribution < -0.4 is 0 Å². The lowest BCUT2D eigenvalue weighted by atomic mass is 10.1. The summed E-state index contributed by atoms with van der Waals surface area (Å²) in [6, 6.07) is 10.8. The Morgan fingerprint density at radius 1 is 1.14 bits per heavy atom. The first-order chi connectivity index (χ1) is 13.2. The minimum Gasteiger partial charge on any atom is -0.369 e. The molecule has 0 amide bonds. The third kappa shape index (κ3) is 4.61. The van der Waals surface area contributed by atoms with Crippen LogP contribution in [0.2, 0.25) is 0 Å². The van der Waals surface area contributed by atoms with Gasteiger partial charge in [-0.3, -0.25) is 4.79 Å². The molecule has 0 fully saturated rings. The van der Waals surface area contributed by atoms with Gasteiger partial charge < -0.3 is 9.26 Å². The smallest absolute Gasteiger partial charge is 0.369 e. The molecular formula is C19H14F4N2O3. The molecule has 0 aliphatic carbocycles. The van der Waals surface area contributed by atoms with Crippen molar-refractivity contribution in [2.24, 2.45) is 0 Å². The molecule has 0 saturated heterocycles. The summed E-state index contributed by atoms with van der Waals surface area (Å²) >= 11 is 0. The van der Waals surface area contributed by atoms with E-state index in [1.54, 1.807) is 0 Å². The van der Waals surface area contributed by atoms with Crippen molar-refractivity contribution in [2.75, 3.05) is 6.61 Å². The number of ketones is 1. The summed E-state index contributed by atoms with van der Waals surface area (Å²) in [4.78, 5) is 15.3. The summed E-state index contributed by atoms with van der Waals surface area (Å²) < 4.78 is 61.1. The Balaban J connectivity index is 1.65. The van der Waals surface area contributed by atoms with Crippen LogP contribution in [0.3, 0.4) is 0 Å². The van der Waals surface area contributed by atoms with Gasteiger partial charge in [0.15, 0.2) is 5.78 Å². The van der Waals surface area contributed by atoms with E-state index >= 15 is 0 Å². The van der Waals surface area contributed by atoms with Gasteiger partial charge in [0.2, 0.25) is 5.82 Å². The summed E-state index contributed by atoms with van der Waals surface area (Å²) in [6.45, 7) is 1.79. The lowest BCUT2D eigenvalue weighted by molar-refractivity contribution is -0.159. The zero-order valence-corrected chi connectivity index (χ0v) is 14.6. The van der Waals surface area contributed by atoms with E-state index in [4.69, 9.17) is 4.74 Å². The van der Waals surface area contributed by atoms with Crippen LogP contribution in [0.4, 0.5) is 17.6 Å². The first-order valence-corrected chi connectivity index (χ1v) is 8.11. The van der Waals surface area contributed by atoms with Crippen molar-refractivity contribution >= 4 is 5.78 Å². The number of hydrogen-bond donors (Lipinski definition) is 0. The van der Waals surface area contributed by atoms with Crippen molar-refractivity contribution in [2.45, 2.75) is 19.7 Å². The third-order valence-corrected chi connectivity index (χ3v) is 3.82. The highest BCUT2D eigenvalue weighted by atomic mass is 19.4. The van der Waals surface area contributed by atoms with E-state index in [1.807, 2.05) is 31.2 Å². The number of halogens is 4. The van der Waals surface area contributed by atoms with Crippen LogP contribution in [-0.2, 0) is 17.5 Å². The van der Waals surface area contributed by atoms with E-state index in [9.17, 15) is 22.4 Å². The van der Waals surface area contributed by atoms with Crippen LogP contribution in [-0.4, -0.2) is 22.5 Å². The van der Waals surface area contributed by atoms with Gasteiger partial charge in [-0.05, 0) is 24.6 Å². The minimum atomic E-state index is -4.80. The largest absolute Gasteiger partial charge is 0.471 e. The first-order valence-electron chi connectivity index (χ1n) is 8.11. The number of nitrogens with zero attached hydrogens (tertiary/aromatic N) is 2. The second kappa shape index (κ2) is 7.89. The number of rotatable bonds is 6. The van der Waals surface area contributed by atoms with Crippen molar-refractivity contribution in [3.05, 3.63) is 70.9 Å². The van der Waals surface area contributed by atoms with Crippen LogP contribution in [0.1, 0.15) is 27.4 Å². The summed E-state index contributed by atoms with van der Waals surface area (Å²) in [5.74, 6) is -3.48. The second-order valence-corrected chi connectivity index (χ2v) is 6.02. The Morgan fingerprint density at radius 3 is 2.46 bits per heavy atom. The second-order valence-electron chi connectivity index (χ2n) is 6.02. The molecule has 2 aromatic carbocycles. The van der Waals surface area contributed by atoms with Gasteiger partial charge >= 0.3 is 12.1 Å². The van der Waals surface area contributed by atoms with E-state index in [1.165, 1.54) is 6.07 Å². The predicted octanol–water partition coefficient (Wildman–Crippen LogP) is 4.60. The van der Waals surface area contributed by atoms with Gasteiger partial charge in [-0.2, -0.15) is 18.2 Å². The molecule has 28 heavy (non-hydrogen) atoms. The average molecular weight is 394 g/mol. The number of alkyl halides is 3. The fraction of sp³-hybridized carbons (Fsp3) is 0.211. The molecule has 0 spiro atoms. The number of benzene rings is 2. The maximum atomic E-state index is 14.2. The summed E-state index contributed by atoms with van der Waals surface area (Å²) in [5, 5.41) is 3.18. The molecule has 0 aliphatic heterocycles. The molecule has 0 atom stereocenters. The van der Waals surface area contributed by atoms with Crippen molar-refractivity contribution in [3.8, 4) is 11.4 Å². The van der Waals surface area contributed by atoms with E-state index in [2.05, 4.69) is 14.7 Å². The summed E-state index contributed by atoms with van der Waals surface area (Å²) in [7, 11) is 0. The Labute approximate surface area is 156 Å². The van der Waals surface area contributed by atoms with Gasteiger partial charge in [-0.1, -0.05) is 41.1 Å². The Bertz CT molecular complexity index is 982. The molecule has 0 unspecified atom stereocenters.